The van der Waals surface area contributed by atoms with E-state index in [0.29, 0.717) is 38.8 Å². The van der Waals surface area contributed by atoms with Gasteiger partial charge in [0.15, 0.2) is 12.4 Å². The van der Waals surface area contributed by atoms with Crippen LogP contribution in [-0.4, -0.2) is 101 Å². The molecule has 248 valence electrons. The van der Waals surface area contributed by atoms with Crippen molar-refractivity contribution in [2.45, 2.75) is 65.3 Å². The Bertz CT molecular complexity index is 1000. The number of hydrogen-bond donors (Lipinski definition) is 1. The van der Waals surface area contributed by atoms with Crippen LogP contribution < -0.4 is 5.73 Å². The minimum Gasteiger partial charge on any atom is -0.491 e. The zero-order valence-corrected chi connectivity index (χ0v) is 25.9. The molecule has 4 unspecified atom stereocenters. The van der Waals surface area contributed by atoms with Crippen molar-refractivity contribution in [3.63, 3.8) is 0 Å². The Morgan fingerprint density at radius 3 is 1.95 bits per heavy atom. The third kappa shape index (κ3) is 19.6. The van der Waals surface area contributed by atoms with E-state index in [4.69, 9.17) is 42.6 Å². The standard InChI is InChI=1S/C28H40O12.C2H5NO/c1-20(36-18-24-8-6-5-7-9-24)17-34-13-12-32-10-11-33-14-15-35-27-16-25(38-22(3)30)28(39-23(4)31)26(40-27)19-37-21(2)29;1-2(3)4/h5-9,25-28H,1,10-19H2,2-4H3;1H3,(H2,3,4). The lowest BCUT2D eigenvalue weighted by atomic mass is 10.0. The van der Waals surface area contributed by atoms with E-state index in [1.165, 1.54) is 27.7 Å². The zero-order chi connectivity index (χ0) is 32.7. The van der Waals surface area contributed by atoms with Crippen molar-refractivity contribution in [1.29, 1.82) is 0 Å². The van der Waals surface area contributed by atoms with E-state index in [2.05, 4.69) is 12.3 Å². The summed E-state index contributed by atoms with van der Waals surface area (Å²) in [6.07, 6.45) is -3.32. The highest BCUT2D eigenvalue weighted by Gasteiger charge is 2.44. The van der Waals surface area contributed by atoms with Gasteiger partial charge in [0.1, 0.15) is 37.8 Å². The van der Waals surface area contributed by atoms with E-state index >= 15 is 0 Å². The van der Waals surface area contributed by atoms with Crippen molar-refractivity contribution in [2.75, 3.05) is 52.9 Å². The molecule has 1 heterocycles. The molecule has 1 aliphatic rings. The highest BCUT2D eigenvalue weighted by atomic mass is 16.7. The van der Waals surface area contributed by atoms with Crippen LogP contribution in [0, 0.1) is 0 Å². The van der Waals surface area contributed by atoms with Gasteiger partial charge in [0.2, 0.25) is 5.91 Å². The maximum atomic E-state index is 11.6. The van der Waals surface area contributed by atoms with Crippen LogP contribution in [0.1, 0.15) is 39.7 Å². The molecule has 0 aromatic heterocycles. The van der Waals surface area contributed by atoms with Crippen LogP contribution in [-0.2, 0) is 68.4 Å². The molecule has 0 aliphatic carbocycles. The van der Waals surface area contributed by atoms with Gasteiger partial charge in [-0.2, -0.15) is 0 Å². The summed E-state index contributed by atoms with van der Waals surface area (Å²) in [6.45, 7) is 11.4. The molecule has 0 spiro atoms. The number of benzene rings is 1. The highest BCUT2D eigenvalue weighted by Crippen LogP contribution is 2.27. The smallest absolute Gasteiger partial charge is 0.303 e. The van der Waals surface area contributed by atoms with E-state index in [0.717, 1.165) is 5.56 Å². The number of hydrogen-bond acceptors (Lipinski definition) is 13. The summed E-state index contributed by atoms with van der Waals surface area (Å²) in [4.78, 5) is 43.7. The van der Waals surface area contributed by atoms with Crippen molar-refractivity contribution < 1.29 is 61.8 Å². The summed E-state index contributed by atoms with van der Waals surface area (Å²) in [5, 5.41) is 0. The van der Waals surface area contributed by atoms with Gasteiger partial charge in [0.05, 0.1) is 39.6 Å². The van der Waals surface area contributed by atoms with Gasteiger partial charge >= 0.3 is 17.9 Å². The molecule has 1 fully saturated rings. The van der Waals surface area contributed by atoms with Crippen molar-refractivity contribution in [3.8, 4) is 0 Å². The van der Waals surface area contributed by atoms with Crippen molar-refractivity contribution in [3.05, 3.63) is 48.2 Å². The molecule has 0 radical (unpaired) electrons. The Morgan fingerprint density at radius 1 is 0.818 bits per heavy atom. The predicted octanol–water partition coefficient (Wildman–Crippen LogP) is 1.82. The van der Waals surface area contributed by atoms with Gasteiger partial charge in [-0.15, -0.1) is 0 Å². The third-order valence-electron chi connectivity index (χ3n) is 5.38. The largest absolute Gasteiger partial charge is 0.491 e. The Labute approximate surface area is 258 Å². The monoisotopic (exact) mass is 627 g/mol. The second-order valence-electron chi connectivity index (χ2n) is 9.44. The first-order valence-corrected chi connectivity index (χ1v) is 14.1. The van der Waals surface area contributed by atoms with Crippen molar-refractivity contribution in [2.24, 2.45) is 5.73 Å². The molecule has 4 atom stereocenters. The number of primary amides is 1. The highest BCUT2D eigenvalue weighted by molar-refractivity contribution is 5.70. The molecule has 2 rings (SSSR count). The van der Waals surface area contributed by atoms with E-state index < -0.39 is 42.5 Å². The summed E-state index contributed by atoms with van der Waals surface area (Å²) in [6, 6.07) is 9.81. The molecular formula is C30H45NO13. The third-order valence-corrected chi connectivity index (χ3v) is 5.38. The van der Waals surface area contributed by atoms with Gasteiger partial charge in [-0.1, -0.05) is 36.9 Å². The van der Waals surface area contributed by atoms with Crippen LogP contribution in [0.4, 0.5) is 0 Å². The molecule has 1 saturated heterocycles. The Morgan fingerprint density at radius 2 is 1.39 bits per heavy atom. The molecule has 0 saturated carbocycles. The summed E-state index contributed by atoms with van der Waals surface area (Å²) in [7, 11) is 0. The number of esters is 3. The first kappa shape index (κ1) is 38.5. The number of carbonyl (C=O) groups excluding carboxylic acids is 4. The van der Waals surface area contributed by atoms with Crippen LogP contribution in [0.5, 0.6) is 0 Å². The lowest BCUT2D eigenvalue weighted by Gasteiger charge is -2.39. The van der Waals surface area contributed by atoms with Gasteiger partial charge in [-0.25, -0.2) is 0 Å². The molecule has 0 bridgehead atoms. The molecule has 1 aromatic carbocycles. The van der Waals surface area contributed by atoms with Crippen LogP contribution in [0.3, 0.4) is 0 Å². The van der Waals surface area contributed by atoms with Gasteiger partial charge in [0.25, 0.3) is 0 Å². The maximum absolute atomic E-state index is 11.6. The first-order valence-electron chi connectivity index (χ1n) is 14.1. The summed E-state index contributed by atoms with van der Waals surface area (Å²) < 4.78 is 49.2. The maximum Gasteiger partial charge on any atom is 0.303 e. The van der Waals surface area contributed by atoms with E-state index in [1.807, 2.05) is 30.3 Å². The summed E-state index contributed by atoms with van der Waals surface area (Å²) >= 11 is 0. The first-order chi connectivity index (χ1) is 21.0. The van der Waals surface area contributed by atoms with Gasteiger partial charge in [0, 0.05) is 34.1 Å². The molecule has 1 aromatic rings. The average molecular weight is 628 g/mol. The molecule has 14 nitrogen and oxygen atoms in total. The van der Waals surface area contributed by atoms with Gasteiger partial charge in [-0.3, -0.25) is 19.2 Å². The minimum atomic E-state index is -0.946. The van der Waals surface area contributed by atoms with Crippen LogP contribution >= 0.6 is 0 Å². The fourth-order valence-corrected chi connectivity index (χ4v) is 3.67. The van der Waals surface area contributed by atoms with Crippen LogP contribution in [0.2, 0.25) is 0 Å². The molecule has 2 N–H and O–H groups in total. The van der Waals surface area contributed by atoms with E-state index in [-0.39, 0.29) is 38.8 Å². The normalized spacial score (nSPS) is 19.1. The number of nitrogens with two attached hydrogens (primary N) is 1. The number of amides is 1. The van der Waals surface area contributed by atoms with Crippen LogP contribution in [0.15, 0.2) is 42.7 Å². The number of rotatable bonds is 19. The fourth-order valence-electron chi connectivity index (χ4n) is 3.67. The molecule has 14 heteroatoms. The minimum absolute atomic E-state index is 0.126. The quantitative estimate of drug-likeness (QED) is 0.102. The van der Waals surface area contributed by atoms with E-state index in [1.54, 1.807) is 0 Å². The average Bonchev–Trinajstić information content (AvgIpc) is 2.94. The zero-order valence-electron chi connectivity index (χ0n) is 25.9. The molecular weight excluding hydrogens is 582 g/mol. The SMILES string of the molecule is C=C(COCCOCCOCCOC1CC(OC(C)=O)C(OC(C)=O)C(COC(C)=O)O1)OCc1ccccc1.CC(N)=O. The molecule has 1 amide bonds. The second-order valence-corrected chi connectivity index (χ2v) is 9.44. The van der Waals surface area contributed by atoms with Crippen molar-refractivity contribution in [1.82, 2.24) is 0 Å². The second kappa shape index (κ2) is 22.9. The molecule has 44 heavy (non-hydrogen) atoms. The van der Waals surface area contributed by atoms with Crippen molar-refractivity contribution >= 4 is 23.8 Å². The Kier molecular flexibility index (Phi) is 20.0. The summed E-state index contributed by atoms with van der Waals surface area (Å²) in [5.41, 5.74) is 5.53. The number of carbonyl (C=O) groups is 4. The predicted molar refractivity (Wildman–Crippen MR) is 155 cm³/mol. The van der Waals surface area contributed by atoms with Crippen LogP contribution in [0.25, 0.3) is 0 Å². The lowest BCUT2D eigenvalue weighted by molar-refractivity contribution is -0.267. The van der Waals surface area contributed by atoms with Gasteiger partial charge < -0.3 is 48.4 Å². The summed E-state index contributed by atoms with van der Waals surface area (Å²) in [5.74, 6) is -1.45. The Balaban J connectivity index is 0.00000227. The topological polar surface area (TPSA) is 177 Å². The Hall–Kier alpha value is -3.56. The fraction of sp³-hybridized carbons (Fsp3) is 0.600. The lowest BCUT2D eigenvalue weighted by Crippen LogP contribution is -2.54. The van der Waals surface area contributed by atoms with Gasteiger partial charge in [-0.05, 0) is 5.56 Å². The number of ether oxygens (including phenoxy) is 9. The molecule has 1 aliphatic heterocycles. The van der Waals surface area contributed by atoms with E-state index in [9.17, 15) is 19.2 Å².